The van der Waals surface area contributed by atoms with E-state index in [2.05, 4.69) is 5.32 Å². The van der Waals surface area contributed by atoms with E-state index in [1.807, 2.05) is 0 Å². The molecule has 2 aromatic carbocycles. The van der Waals surface area contributed by atoms with Crippen molar-refractivity contribution in [3.05, 3.63) is 51.5 Å². The molecule has 0 fully saturated rings. The van der Waals surface area contributed by atoms with E-state index in [4.69, 9.17) is 32.7 Å². The van der Waals surface area contributed by atoms with Gasteiger partial charge >= 0.3 is 0 Å². The van der Waals surface area contributed by atoms with Gasteiger partial charge in [-0.3, -0.25) is 4.79 Å². The number of benzene rings is 2. The SMILES string of the molecule is COc1cc(OC)c(NC(=O)c2cc(F)c(F)cc2Cl)cc1Cl. The molecule has 4 nitrogen and oxygen atoms in total. The average Bonchev–Trinajstić information content (AvgIpc) is 2.51. The highest BCUT2D eigenvalue weighted by molar-refractivity contribution is 6.34. The number of rotatable bonds is 4. The maximum absolute atomic E-state index is 13.3. The second-order valence-electron chi connectivity index (χ2n) is 4.39. The summed E-state index contributed by atoms with van der Waals surface area (Å²) >= 11 is 11.8. The van der Waals surface area contributed by atoms with Gasteiger partial charge in [0.15, 0.2) is 11.6 Å². The molecule has 8 heteroatoms. The summed E-state index contributed by atoms with van der Waals surface area (Å²) < 4.78 is 36.5. The third-order valence-electron chi connectivity index (χ3n) is 2.98. The summed E-state index contributed by atoms with van der Waals surface area (Å²) in [5, 5.41) is 2.49. The molecule has 0 aliphatic rings. The lowest BCUT2D eigenvalue weighted by Gasteiger charge is -2.13. The number of hydrogen-bond donors (Lipinski definition) is 1. The number of hydrogen-bond acceptors (Lipinski definition) is 3. The van der Waals surface area contributed by atoms with Crippen molar-refractivity contribution < 1.29 is 23.0 Å². The third kappa shape index (κ3) is 3.65. The fraction of sp³-hybridized carbons (Fsp3) is 0.133. The zero-order valence-corrected chi connectivity index (χ0v) is 13.6. The van der Waals surface area contributed by atoms with Gasteiger partial charge in [-0.15, -0.1) is 0 Å². The van der Waals surface area contributed by atoms with Crippen LogP contribution in [0.5, 0.6) is 11.5 Å². The number of carbonyl (C=O) groups excluding carboxylic acids is 1. The molecule has 1 amide bonds. The summed E-state index contributed by atoms with van der Waals surface area (Å²) in [7, 11) is 2.82. The van der Waals surface area contributed by atoms with Gasteiger partial charge in [-0.05, 0) is 18.2 Å². The Morgan fingerprint density at radius 3 is 2.17 bits per heavy atom. The summed E-state index contributed by atoms with van der Waals surface area (Å²) in [6.45, 7) is 0. The number of ether oxygens (including phenoxy) is 2. The molecular formula is C15H11Cl2F2NO3. The molecule has 0 radical (unpaired) electrons. The quantitative estimate of drug-likeness (QED) is 0.813. The normalized spacial score (nSPS) is 10.3. The smallest absolute Gasteiger partial charge is 0.257 e. The topological polar surface area (TPSA) is 47.6 Å². The van der Waals surface area contributed by atoms with Crippen LogP contribution in [0.4, 0.5) is 14.5 Å². The van der Waals surface area contributed by atoms with Crippen LogP contribution in [0.1, 0.15) is 10.4 Å². The Hall–Kier alpha value is -2.05. The van der Waals surface area contributed by atoms with Gasteiger partial charge in [0.1, 0.15) is 11.5 Å². The van der Waals surface area contributed by atoms with E-state index in [9.17, 15) is 13.6 Å². The average molecular weight is 362 g/mol. The molecule has 2 rings (SSSR count). The second-order valence-corrected chi connectivity index (χ2v) is 5.20. The molecule has 0 atom stereocenters. The zero-order chi connectivity index (χ0) is 17.1. The molecule has 122 valence electrons. The molecule has 0 saturated heterocycles. The van der Waals surface area contributed by atoms with Gasteiger partial charge in [-0.1, -0.05) is 23.2 Å². The van der Waals surface area contributed by atoms with Crippen molar-refractivity contribution in [2.45, 2.75) is 0 Å². The zero-order valence-electron chi connectivity index (χ0n) is 12.0. The van der Waals surface area contributed by atoms with E-state index >= 15 is 0 Å². The van der Waals surface area contributed by atoms with Crippen molar-refractivity contribution in [2.24, 2.45) is 0 Å². The van der Waals surface area contributed by atoms with Gasteiger partial charge in [0.2, 0.25) is 0 Å². The van der Waals surface area contributed by atoms with Crippen molar-refractivity contribution in [1.29, 1.82) is 0 Å². The van der Waals surface area contributed by atoms with Crippen molar-refractivity contribution in [3.63, 3.8) is 0 Å². The standard InChI is InChI=1S/C15H11Cl2F2NO3/c1-22-13-6-14(23-2)12(5-9(13)17)20-15(21)7-3-10(18)11(19)4-8(7)16/h3-6H,1-2H3,(H,20,21). The Labute approximate surface area is 140 Å². The first-order chi connectivity index (χ1) is 10.9. The van der Waals surface area contributed by atoms with E-state index in [0.717, 1.165) is 6.07 Å². The number of carbonyl (C=O) groups is 1. The van der Waals surface area contributed by atoms with Crippen molar-refractivity contribution in [2.75, 3.05) is 19.5 Å². The molecule has 0 aliphatic carbocycles. The first-order valence-electron chi connectivity index (χ1n) is 6.24. The Bertz CT molecular complexity index is 769. The molecule has 1 N–H and O–H groups in total. The van der Waals surface area contributed by atoms with Crippen LogP contribution in [0.3, 0.4) is 0 Å². The lowest BCUT2D eigenvalue weighted by Crippen LogP contribution is -2.14. The molecule has 0 unspecified atom stereocenters. The van der Waals surface area contributed by atoms with Crippen LogP contribution in [0.15, 0.2) is 24.3 Å². The molecule has 0 heterocycles. The summed E-state index contributed by atoms with van der Waals surface area (Å²) in [4.78, 5) is 12.2. The number of halogens is 4. The fourth-order valence-corrected chi connectivity index (χ4v) is 2.32. The number of methoxy groups -OCH3 is 2. The van der Waals surface area contributed by atoms with Crippen molar-refractivity contribution >= 4 is 34.8 Å². The van der Waals surface area contributed by atoms with Crippen LogP contribution in [-0.2, 0) is 0 Å². The van der Waals surface area contributed by atoms with Crippen LogP contribution in [0.2, 0.25) is 10.0 Å². The molecule has 0 bridgehead atoms. The van der Waals surface area contributed by atoms with E-state index in [0.29, 0.717) is 11.8 Å². The van der Waals surface area contributed by atoms with Gasteiger partial charge in [-0.25, -0.2) is 8.78 Å². The van der Waals surface area contributed by atoms with Crippen LogP contribution in [-0.4, -0.2) is 20.1 Å². The van der Waals surface area contributed by atoms with Crippen LogP contribution in [0, 0.1) is 11.6 Å². The van der Waals surface area contributed by atoms with E-state index in [1.165, 1.54) is 26.4 Å². The summed E-state index contributed by atoms with van der Waals surface area (Å²) in [6.07, 6.45) is 0. The minimum atomic E-state index is -1.18. The minimum Gasteiger partial charge on any atom is -0.495 e. The Kier molecular flexibility index (Phi) is 5.28. The van der Waals surface area contributed by atoms with E-state index < -0.39 is 17.5 Å². The first-order valence-corrected chi connectivity index (χ1v) is 7.00. The lowest BCUT2D eigenvalue weighted by molar-refractivity contribution is 0.102. The van der Waals surface area contributed by atoms with E-state index in [-0.39, 0.29) is 27.0 Å². The number of amides is 1. The molecule has 2 aromatic rings. The van der Waals surface area contributed by atoms with Crippen molar-refractivity contribution in [3.8, 4) is 11.5 Å². The molecular weight excluding hydrogens is 351 g/mol. The predicted octanol–water partition coefficient (Wildman–Crippen LogP) is 4.54. The van der Waals surface area contributed by atoms with Crippen molar-refractivity contribution in [1.82, 2.24) is 0 Å². The Morgan fingerprint density at radius 2 is 1.57 bits per heavy atom. The Balaban J connectivity index is 2.37. The molecule has 23 heavy (non-hydrogen) atoms. The fourth-order valence-electron chi connectivity index (χ4n) is 1.84. The summed E-state index contributed by atoms with van der Waals surface area (Å²) in [5.41, 5.74) is 0.00339. The highest BCUT2D eigenvalue weighted by Crippen LogP contribution is 2.36. The molecule has 0 spiro atoms. The van der Waals surface area contributed by atoms with Crippen LogP contribution >= 0.6 is 23.2 Å². The van der Waals surface area contributed by atoms with Gasteiger partial charge < -0.3 is 14.8 Å². The molecule has 0 aliphatic heterocycles. The van der Waals surface area contributed by atoms with Gasteiger partial charge in [0.05, 0.1) is 35.5 Å². The van der Waals surface area contributed by atoms with Gasteiger partial charge in [-0.2, -0.15) is 0 Å². The maximum Gasteiger partial charge on any atom is 0.257 e. The second kappa shape index (κ2) is 7.02. The van der Waals surface area contributed by atoms with Gasteiger partial charge in [0, 0.05) is 6.07 Å². The van der Waals surface area contributed by atoms with Crippen LogP contribution in [0.25, 0.3) is 0 Å². The predicted molar refractivity (Wildman–Crippen MR) is 83.9 cm³/mol. The third-order valence-corrected chi connectivity index (χ3v) is 3.58. The Morgan fingerprint density at radius 1 is 0.957 bits per heavy atom. The lowest BCUT2D eigenvalue weighted by atomic mass is 10.2. The minimum absolute atomic E-state index is 0.222. The molecule has 0 aromatic heterocycles. The monoisotopic (exact) mass is 361 g/mol. The number of nitrogens with one attached hydrogen (secondary N) is 1. The summed E-state index contributed by atoms with van der Waals surface area (Å²) in [5.74, 6) is -2.44. The largest absolute Gasteiger partial charge is 0.495 e. The highest BCUT2D eigenvalue weighted by Gasteiger charge is 2.18. The highest BCUT2D eigenvalue weighted by atomic mass is 35.5. The maximum atomic E-state index is 13.3. The van der Waals surface area contributed by atoms with E-state index in [1.54, 1.807) is 0 Å². The van der Waals surface area contributed by atoms with Gasteiger partial charge in [0.25, 0.3) is 5.91 Å². The molecule has 0 saturated carbocycles. The number of anilines is 1. The van der Waals surface area contributed by atoms with Crippen LogP contribution < -0.4 is 14.8 Å². The summed E-state index contributed by atoms with van der Waals surface area (Å²) in [6, 6.07) is 4.32. The first kappa shape index (κ1) is 17.3.